The number of anilines is 1. The number of hydrogen-bond donors (Lipinski definition) is 1. The van der Waals surface area contributed by atoms with E-state index in [9.17, 15) is 18.0 Å². The summed E-state index contributed by atoms with van der Waals surface area (Å²) in [5.74, 6) is -0.227. The third kappa shape index (κ3) is 7.60. The fourth-order valence-corrected chi connectivity index (χ4v) is 5.55. The van der Waals surface area contributed by atoms with Crippen LogP contribution >= 0.6 is 0 Å². The van der Waals surface area contributed by atoms with Gasteiger partial charge >= 0.3 is 0 Å². The molecule has 0 spiro atoms. The smallest absolute Gasteiger partial charge is 0.264 e. The summed E-state index contributed by atoms with van der Waals surface area (Å²) < 4.78 is 33.9. The van der Waals surface area contributed by atoms with Crippen LogP contribution in [-0.4, -0.2) is 50.9 Å². The van der Waals surface area contributed by atoms with Gasteiger partial charge in [-0.05, 0) is 61.7 Å². The van der Waals surface area contributed by atoms with Crippen molar-refractivity contribution in [2.24, 2.45) is 0 Å². The number of ether oxygens (including phenoxy) is 1. The number of nitrogens with zero attached hydrogens (tertiary/aromatic N) is 2. The minimum Gasteiger partial charge on any atom is -0.497 e. The van der Waals surface area contributed by atoms with Crippen LogP contribution in [0.15, 0.2) is 89.8 Å². The molecule has 3 aromatic rings. The number of nitrogens with one attached hydrogen (secondary N) is 1. The van der Waals surface area contributed by atoms with E-state index in [1.165, 1.54) is 24.1 Å². The molecule has 0 saturated carbocycles. The SMILES string of the molecule is CC[C@H](C)NC(=O)[C@H](CC)N(Cc1ccccc1)C(=O)CN(c1ccccc1)S(=O)(=O)c1ccc(OC)cc1. The van der Waals surface area contributed by atoms with Gasteiger partial charge in [0.15, 0.2) is 0 Å². The highest BCUT2D eigenvalue weighted by Crippen LogP contribution is 2.26. The van der Waals surface area contributed by atoms with Crippen LogP contribution in [0.1, 0.15) is 39.2 Å². The summed E-state index contributed by atoms with van der Waals surface area (Å²) in [6.45, 7) is 5.41. The molecule has 0 unspecified atom stereocenters. The van der Waals surface area contributed by atoms with Crippen LogP contribution in [-0.2, 0) is 26.2 Å². The van der Waals surface area contributed by atoms with Gasteiger partial charge in [0, 0.05) is 12.6 Å². The maximum Gasteiger partial charge on any atom is 0.264 e. The largest absolute Gasteiger partial charge is 0.497 e. The number of carbonyl (C=O) groups is 2. The van der Waals surface area contributed by atoms with E-state index < -0.39 is 28.5 Å². The van der Waals surface area contributed by atoms with E-state index in [1.54, 1.807) is 42.5 Å². The predicted octanol–water partition coefficient (Wildman–Crippen LogP) is 4.61. The van der Waals surface area contributed by atoms with Gasteiger partial charge in [-0.3, -0.25) is 13.9 Å². The van der Waals surface area contributed by atoms with Gasteiger partial charge in [0.05, 0.1) is 17.7 Å². The Bertz CT molecular complexity index is 1320. The van der Waals surface area contributed by atoms with Gasteiger partial charge < -0.3 is 15.0 Å². The third-order valence-corrected chi connectivity index (χ3v) is 8.34. The molecule has 208 valence electrons. The number of carbonyl (C=O) groups excluding carboxylic acids is 2. The Hall–Kier alpha value is -3.85. The van der Waals surface area contributed by atoms with E-state index >= 15 is 0 Å². The summed E-state index contributed by atoms with van der Waals surface area (Å²) in [7, 11) is -2.63. The molecule has 0 heterocycles. The number of sulfonamides is 1. The fourth-order valence-electron chi connectivity index (χ4n) is 4.14. The lowest BCUT2D eigenvalue weighted by Crippen LogP contribution is -2.53. The molecule has 3 rings (SSSR count). The first-order valence-corrected chi connectivity index (χ1v) is 14.5. The molecule has 9 heteroatoms. The molecule has 0 radical (unpaired) electrons. The first-order valence-electron chi connectivity index (χ1n) is 13.1. The Labute approximate surface area is 231 Å². The van der Waals surface area contributed by atoms with E-state index in [-0.39, 0.29) is 23.4 Å². The van der Waals surface area contributed by atoms with Crippen molar-refractivity contribution in [3.63, 3.8) is 0 Å². The van der Waals surface area contributed by atoms with Crippen LogP contribution in [0.25, 0.3) is 0 Å². The molecular formula is C30H37N3O5S. The van der Waals surface area contributed by atoms with Crippen molar-refractivity contribution >= 4 is 27.5 Å². The second-order valence-corrected chi connectivity index (χ2v) is 11.1. The zero-order chi connectivity index (χ0) is 28.4. The molecule has 0 aliphatic rings. The van der Waals surface area contributed by atoms with Gasteiger partial charge in [0.1, 0.15) is 18.3 Å². The van der Waals surface area contributed by atoms with Gasteiger partial charge in [0.25, 0.3) is 10.0 Å². The van der Waals surface area contributed by atoms with E-state index in [0.29, 0.717) is 17.9 Å². The number of benzene rings is 3. The molecule has 39 heavy (non-hydrogen) atoms. The van der Waals surface area contributed by atoms with Gasteiger partial charge in [-0.25, -0.2) is 8.42 Å². The quantitative estimate of drug-likeness (QED) is 0.335. The monoisotopic (exact) mass is 551 g/mol. The zero-order valence-corrected chi connectivity index (χ0v) is 23.7. The lowest BCUT2D eigenvalue weighted by atomic mass is 10.1. The average molecular weight is 552 g/mol. The van der Waals surface area contributed by atoms with Crippen molar-refractivity contribution in [1.82, 2.24) is 10.2 Å². The molecule has 8 nitrogen and oxygen atoms in total. The van der Waals surface area contributed by atoms with Gasteiger partial charge in [-0.2, -0.15) is 0 Å². The standard InChI is InChI=1S/C30H37N3O5S/c1-5-23(3)31-30(35)28(6-2)32(21-24-13-9-7-10-14-24)29(34)22-33(25-15-11-8-12-16-25)39(36,37)27-19-17-26(38-4)18-20-27/h7-20,23,28H,5-6,21-22H2,1-4H3,(H,31,35)/t23-,28-/m0/s1. The van der Waals surface area contributed by atoms with Crippen molar-refractivity contribution in [2.45, 2.75) is 57.1 Å². The number of para-hydroxylation sites is 1. The Kier molecular flexibility index (Phi) is 10.5. The van der Waals surface area contributed by atoms with Crippen LogP contribution in [0.4, 0.5) is 5.69 Å². The molecular weight excluding hydrogens is 514 g/mol. The van der Waals surface area contributed by atoms with Gasteiger partial charge in [-0.15, -0.1) is 0 Å². The molecule has 2 atom stereocenters. The Morgan fingerprint density at radius 3 is 2.00 bits per heavy atom. The first-order chi connectivity index (χ1) is 18.7. The molecule has 0 aromatic heterocycles. The number of amides is 2. The van der Waals surface area contributed by atoms with Gasteiger partial charge in [-0.1, -0.05) is 62.4 Å². The van der Waals surface area contributed by atoms with Crippen molar-refractivity contribution < 1.29 is 22.7 Å². The van der Waals surface area contributed by atoms with Crippen LogP contribution < -0.4 is 14.4 Å². The van der Waals surface area contributed by atoms with Crippen LogP contribution in [0.3, 0.4) is 0 Å². The maximum absolute atomic E-state index is 14.0. The second-order valence-electron chi connectivity index (χ2n) is 9.27. The molecule has 1 N–H and O–H groups in total. The minimum absolute atomic E-state index is 0.0242. The lowest BCUT2D eigenvalue weighted by Gasteiger charge is -2.33. The number of methoxy groups -OCH3 is 1. The second kappa shape index (κ2) is 13.8. The van der Waals surface area contributed by atoms with Crippen LogP contribution in [0.2, 0.25) is 0 Å². The third-order valence-electron chi connectivity index (χ3n) is 6.55. The van der Waals surface area contributed by atoms with Crippen molar-refractivity contribution in [1.29, 1.82) is 0 Å². The fraction of sp³-hybridized carbons (Fsp3) is 0.333. The first kappa shape index (κ1) is 29.7. The van der Waals surface area contributed by atoms with Crippen molar-refractivity contribution in [3.8, 4) is 5.75 Å². The van der Waals surface area contributed by atoms with Crippen molar-refractivity contribution in [2.75, 3.05) is 18.0 Å². The Morgan fingerprint density at radius 1 is 0.872 bits per heavy atom. The van der Waals surface area contributed by atoms with E-state index in [0.717, 1.165) is 16.3 Å². The molecule has 0 bridgehead atoms. The molecule has 0 saturated heterocycles. The minimum atomic E-state index is -4.13. The van der Waals surface area contributed by atoms with Crippen LogP contribution in [0.5, 0.6) is 5.75 Å². The summed E-state index contributed by atoms with van der Waals surface area (Å²) in [5, 5.41) is 2.98. The molecule has 0 aliphatic heterocycles. The normalized spacial score (nSPS) is 12.7. The van der Waals surface area contributed by atoms with E-state index in [2.05, 4.69) is 5.32 Å². The Morgan fingerprint density at radius 2 is 1.46 bits per heavy atom. The average Bonchev–Trinajstić information content (AvgIpc) is 2.96. The summed E-state index contributed by atoms with van der Waals surface area (Å²) in [6.07, 6.45) is 1.12. The predicted molar refractivity (Wildman–Crippen MR) is 153 cm³/mol. The van der Waals surface area contributed by atoms with Gasteiger partial charge in [0.2, 0.25) is 11.8 Å². The molecule has 2 amide bonds. The highest BCUT2D eigenvalue weighted by Gasteiger charge is 2.33. The number of hydrogen-bond acceptors (Lipinski definition) is 5. The van der Waals surface area contributed by atoms with E-state index in [1.807, 2.05) is 51.1 Å². The summed E-state index contributed by atoms with van der Waals surface area (Å²) in [6, 6.07) is 23.0. The highest BCUT2D eigenvalue weighted by atomic mass is 32.2. The zero-order valence-electron chi connectivity index (χ0n) is 22.9. The lowest BCUT2D eigenvalue weighted by molar-refractivity contribution is -0.140. The van der Waals surface area contributed by atoms with Crippen LogP contribution in [0, 0.1) is 0 Å². The Balaban J connectivity index is 2.01. The highest BCUT2D eigenvalue weighted by molar-refractivity contribution is 7.92. The maximum atomic E-state index is 14.0. The van der Waals surface area contributed by atoms with Crippen molar-refractivity contribution in [3.05, 3.63) is 90.5 Å². The topological polar surface area (TPSA) is 96.0 Å². The molecule has 0 fully saturated rings. The number of rotatable bonds is 13. The van der Waals surface area contributed by atoms with E-state index in [4.69, 9.17) is 4.74 Å². The summed E-state index contributed by atoms with van der Waals surface area (Å²) in [4.78, 5) is 28.8. The molecule has 0 aliphatic carbocycles. The molecule has 3 aromatic carbocycles. The summed E-state index contributed by atoms with van der Waals surface area (Å²) in [5.41, 5.74) is 1.18. The summed E-state index contributed by atoms with van der Waals surface area (Å²) >= 11 is 0.